The Morgan fingerprint density at radius 3 is 2.41 bits per heavy atom. The van der Waals surface area contributed by atoms with Crippen molar-refractivity contribution < 1.29 is 22.7 Å². The lowest BCUT2D eigenvalue weighted by molar-refractivity contribution is -0.274. The van der Waals surface area contributed by atoms with Gasteiger partial charge in [0.05, 0.1) is 6.20 Å². The number of carbonyl (C=O) groups excluding carboxylic acids is 1. The molecule has 0 radical (unpaired) electrons. The van der Waals surface area contributed by atoms with Crippen molar-refractivity contribution in [3.63, 3.8) is 0 Å². The molecule has 144 valence electrons. The molecule has 27 heavy (non-hydrogen) atoms. The van der Waals surface area contributed by atoms with Crippen LogP contribution in [0.1, 0.15) is 5.56 Å². The topological polar surface area (TPSA) is 70.6 Å². The highest BCUT2D eigenvalue weighted by atomic mass is 19.4. The normalized spacial score (nSPS) is 14.8. The predicted octanol–water partition coefficient (Wildman–Crippen LogP) is 3.04. The summed E-state index contributed by atoms with van der Waals surface area (Å²) in [6.45, 7) is 4.16. The Hall–Kier alpha value is -3.04. The van der Waals surface area contributed by atoms with Gasteiger partial charge in [-0.2, -0.15) is 5.10 Å². The lowest BCUT2D eigenvalue weighted by Crippen LogP contribution is -2.50. The van der Waals surface area contributed by atoms with Gasteiger partial charge in [-0.1, -0.05) is 0 Å². The molecule has 0 atom stereocenters. The number of hydrogen-bond acceptors (Lipinski definition) is 5. The summed E-state index contributed by atoms with van der Waals surface area (Å²) in [6, 6.07) is 6.64. The molecule has 3 rings (SSSR count). The Labute approximate surface area is 153 Å². The van der Waals surface area contributed by atoms with Crippen molar-refractivity contribution in [3.05, 3.63) is 42.1 Å². The molecule has 1 aromatic heterocycles. The van der Waals surface area contributed by atoms with Gasteiger partial charge in [0.1, 0.15) is 5.75 Å². The summed E-state index contributed by atoms with van der Waals surface area (Å²) in [6.07, 6.45) is -3.07. The van der Waals surface area contributed by atoms with E-state index in [2.05, 4.69) is 20.3 Å². The summed E-state index contributed by atoms with van der Waals surface area (Å²) in [5.41, 5.74) is 1.40. The number of ether oxygens (including phenoxy) is 1. The fraction of sp³-hybridized carbons (Fsp3) is 0.353. The van der Waals surface area contributed by atoms with E-state index in [4.69, 9.17) is 0 Å². The maximum atomic E-state index is 12.3. The standard InChI is InChI=1S/C17H18F3N5O2/c1-12-10-15(23-21-11-12)24-6-8-25(9-7-24)16(26)22-13-2-4-14(5-3-13)27-17(18,19)20/h2-5,10-11H,6-9H2,1H3,(H,22,26). The van der Waals surface area contributed by atoms with Crippen LogP contribution < -0.4 is 15.0 Å². The molecule has 1 fully saturated rings. The second kappa shape index (κ2) is 7.68. The molecule has 10 heteroatoms. The number of nitrogens with one attached hydrogen (secondary N) is 1. The van der Waals surface area contributed by atoms with Gasteiger partial charge in [-0.3, -0.25) is 0 Å². The molecule has 1 aliphatic heterocycles. The highest BCUT2D eigenvalue weighted by Crippen LogP contribution is 2.24. The summed E-state index contributed by atoms with van der Waals surface area (Å²) in [4.78, 5) is 16.0. The van der Waals surface area contributed by atoms with Gasteiger partial charge < -0.3 is 19.9 Å². The van der Waals surface area contributed by atoms with Crippen LogP contribution in [0.15, 0.2) is 36.5 Å². The number of aryl methyl sites for hydroxylation is 1. The fourth-order valence-electron chi connectivity index (χ4n) is 2.68. The van der Waals surface area contributed by atoms with Crippen molar-refractivity contribution in [1.82, 2.24) is 15.1 Å². The number of amides is 2. The number of nitrogens with zero attached hydrogens (tertiary/aromatic N) is 4. The minimum absolute atomic E-state index is 0.311. The first-order valence-electron chi connectivity index (χ1n) is 8.26. The third kappa shape index (κ3) is 5.22. The highest BCUT2D eigenvalue weighted by molar-refractivity contribution is 5.89. The largest absolute Gasteiger partial charge is 0.573 e. The van der Waals surface area contributed by atoms with Crippen molar-refractivity contribution in [2.24, 2.45) is 0 Å². The Bertz CT molecular complexity index is 790. The number of rotatable bonds is 3. The average Bonchev–Trinajstić information content (AvgIpc) is 2.62. The van der Waals surface area contributed by atoms with Gasteiger partial charge in [-0.05, 0) is 42.8 Å². The summed E-state index contributed by atoms with van der Waals surface area (Å²) in [7, 11) is 0. The molecule has 0 bridgehead atoms. The van der Waals surface area contributed by atoms with E-state index >= 15 is 0 Å². The molecule has 1 N–H and O–H groups in total. The first-order valence-corrected chi connectivity index (χ1v) is 8.26. The van der Waals surface area contributed by atoms with E-state index in [1.807, 2.05) is 17.9 Å². The zero-order valence-corrected chi connectivity index (χ0v) is 14.5. The predicted molar refractivity (Wildman–Crippen MR) is 92.7 cm³/mol. The van der Waals surface area contributed by atoms with Crippen LogP contribution in [0, 0.1) is 6.92 Å². The quantitative estimate of drug-likeness (QED) is 0.885. The molecule has 1 aromatic carbocycles. The number of piperazine rings is 1. The maximum absolute atomic E-state index is 12.3. The van der Waals surface area contributed by atoms with Gasteiger partial charge in [0.2, 0.25) is 0 Å². The minimum atomic E-state index is -4.74. The van der Waals surface area contributed by atoms with E-state index in [0.717, 1.165) is 23.5 Å². The summed E-state index contributed by atoms with van der Waals surface area (Å²) in [5, 5.41) is 10.7. The molecule has 0 saturated carbocycles. The number of aromatic nitrogens is 2. The molecule has 0 aliphatic carbocycles. The Morgan fingerprint density at radius 1 is 1.15 bits per heavy atom. The Morgan fingerprint density at radius 2 is 1.81 bits per heavy atom. The Kier molecular flexibility index (Phi) is 5.33. The zero-order valence-electron chi connectivity index (χ0n) is 14.5. The number of benzene rings is 1. The number of alkyl halides is 3. The van der Waals surface area contributed by atoms with Gasteiger partial charge in [0.15, 0.2) is 5.82 Å². The monoisotopic (exact) mass is 381 g/mol. The molecular formula is C17H18F3N5O2. The number of carbonyl (C=O) groups is 1. The van der Waals surface area contributed by atoms with Crippen molar-refractivity contribution in [2.75, 3.05) is 36.4 Å². The van der Waals surface area contributed by atoms with Crippen LogP contribution in [-0.4, -0.2) is 53.7 Å². The smallest absolute Gasteiger partial charge is 0.406 e. The average molecular weight is 381 g/mol. The zero-order chi connectivity index (χ0) is 19.4. The maximum Gasteiger partial charge on any atom is 0.573 e. The molecule has 2 heterocycles. The third-order valence-corrected chi connectivity index (χ3v) is 4.01. The van der Waals surface area contributed by atoms with Crippen LogP contribution >= 0.6 is 0 Å². The third-order valence-electron chi connectivity index (χ3n) is 4.01. The van der Waals surface area contributed by atoms with Gasteiger partial charge in [-0.15, -0.1) is 18.3 Å². The van der Waals surface area contributed by atoms with Crippen molar-refractivity contribution in [1.29, 1.82) is 0 Å². The van der Waals surface area contributed by atoms with Gasteiger partial charge >= 0.3 is 12.4 Å². The van der Waals surface area contributed by atoms with Crippen molar-refractivity contribution >= 4 is 17.5 Å². The second-order valence-electron chi connectivity index (χ2n) is 6.07. The molecule has 2 aromatic rings. The van der Waals surface area contributed by atoms with E-state index in [-0.39, 0.29) is 11.8 Å². The molecule has 1 saturated heterocycles. The molecule has 1 aliphatic rings. The lowest BCUT2D eigenvalue weighted by atomic mass is 10.3. The first-order chi connectivity index (χ1) is 12.8. The SMILES string of the molecule is Cc1cnnc(N2CCN(C(=O)Nc3ccc(OC(F)(F)F)cc3)CC2)c1. The summed E-state index contributed by atoms with van der Waals surface area (Å²) in [5.74, 6) is 0.434. The fourth-order valence-corrected chi connectivity index (χ4v) is 2.68. The Balaban J connectivity index is 1.52. The van der Waals surface area contributed by atoms with Crippen LogP contribution in [0.2, 0.25) is 0 Å². The molecular weight excluding hydrogens is 363 g/mol. The number of halogens is 3. The van der Waals surface area contributed by atoms with Crippen LogP contribution in [0.25, 0.3) is 0 Å². The summed E-state index contributed by atoms with van der Waals surface area (Å²) >= 11 is 0. The molecule has 0 unspecified atom stereocenters. The van der Waals surface area contributed by atoms with Gasteiger partial charge in [0, 0.05) is 31.9 Å². The van der Waals surface area contributed by atoms with Crippen LogP contribution in [0.3, 0.4) is 0 Å². The first kappa shape index (κ1) is 18.7. The van der Waals surface area contributed by atoms with Crippen molar-refractivity contribution in [2.45, 2.75) is 13.3 Å². The van der Waals surface area contributed by atoms with E-state index in [9.17, 15) is 18.0 Å². The lowest BCUT2D eigenvalue weighted by Gasteiger charge is -2.35. The van der Waals surface area contributed by atoms with E-state index in [0.29, 0.717) is 31.9 Å². The van der Waals surface area contributed by atoms with E-state index in [1.165, 1.54) is 12.1 Å². The highest BCUT2D eigenvalue weighted by Gasteiger charge is 2.31. The number of urea groups is 1. The molecule has 2 amide bonds. The summed E-state index contributed by atoms with van der Waals surface area (Å²) < 4.78 is 40.3. The molecule has 7 nitrogen and oxygen atoms in total. The van der Waals surface area contributed by atoms with Crippen LogP contribution in [-0.2, 0) is 0 Å². The number of hydrogen-bond donors (Lipinski definition) is 1. The van der Waals surface area contributed by atoms with Crippen LogP contribution in [0.5, 0.6) is 5.75 Å². The molecule has 0 spiro atoms. The van der Waals surface area contributed by atoms with Crippen molar-refractivity contribution in [3.8, 4) is 5.75 Å². The second-order valence-corrected chi connectivity index (χ2v) is 6.07. The number of anilines is 2. The van der Waals surface area contributed by atoms with Crippen LogP contribution in [0.4, 0.5) is 29.5 Å². The van der Waals surface area contributed by atoms with E-state index in [1.54, 1.807) is 11.1 Å². The van der Waals surface area contributed by atoms with Gasteiger partial charge in [-0.25, -0.2) is 4.79 Å². The van der Waals surface area contributed by atoms with E-state index < -0.39 is 6.36 Å². The van der Waals surface area contributed by atoms with Gasteiger partial charge in [0.25, 0.3) is 0 Å². The minimum Gasteiger partial charge on any atom is -0.406 e.